The maximum atomic E-state index is 12.1. The van der Waals surface area contributed by atoms with E-state index < -0.39 is 9.84 Å². The van der Waals surface area contributed by atoms with Crippen LogP contribution >= 0.6 is 0 Å². The molecule has 1 aliphatic heterocycles. The Morgan fingerprint density at radius 3 is 2.27 bits per heavy atom. The highest BCUT2D eigenvalue weighted by atomic mass is 32.2. The summed E-state index contributed by atoms with van der Waals surface area (Å²) in [6.45, 7) is 9.58. The Kier molecular flexibility index (Phi) is 5.46. The molecular weight excluding hydrogens is 348 g/mol. The quantitative estimate of drug-likeness (QED) is 0.801. The highest BCUT2D eigenvalue weighted by Gasteiger charge is 2.21. The van der Waals surface area contributed by atoms with Crippen LogP contribution < -0.4 is 9.80 Å². The van der Waals surface area contributed by atoms with E-state index in [1.807, 2.05) is 6.92 Å². The van der Waals surface area contributed by atoms with Crippen LogP contribution in [0.4, 0.5) is 11.5 Å². The van der Waals surface area contributed by atoms with Crippen molar-refractivity contribution in [1.82, 2.24) is 10.2 Å². The van der Waals surface area contributed by atoms with Crippen LogP contribution in [0, 0.1) is 13.8 Å². The van der Waals surface area contributed by atoms with E-state index >= 15 is 0 Å². The normalized spacial score (nSPS) is 15.3. The standard InChI is InChI=1S/C19H26N4O2S/c1-4-13-26(24,25)19-8-7-18(20-21-19)23-11-9-22(10-12-23)17-14-15(2)5-6-16(17)3/h5-8,14H,4,9-13H2,1-3H3. The summed E-state index contributed by atoms with van der Waals surface area (Å²) < 4.78 is 24.1. The number of anilines is 2. The third-order valence-electron chi connectivity index (χ3n) is 4.73. The molecule has 1 saturated heterocycles. The van der Waals surface area contributed by atoms with E-state index in [9.17, 15) is 8.42 Å². The summed E-state index contributed by atoms with van der Waals surface area (Å²) in [7, 11) is -3.31. The summed E-state index contributed by atoms with van der Waals surface area (Å²) in [6.07, 6.45) is 0.575. The summed E-state index contributed by atoms with van der Waals surface area (Å²) in [5.41, 5.74) is 3.84. The van der Waals surface area contributed by atoms with Crippen LogP contribution in [0.1, 0.15) is 24.5 Å². The van der Waals surface area contributed by atoms with Crippen molar-refractivity contribution in [2.45, 2.75) is 32.2 Å². The topological polar surface area (TPSA) is 66.4 Å². The van der Waals surface area contributed by atoms with Gasteiger partial charge in [0.05, 0.1) is 5.75 Å². The molecular formula is C19H26N4O2S. The van der Waals surface area contributed by atoms with E-state index in [4.69, 9.17) is 0 Å². The molecule has 1 aromatic carbocycles. The lowest BCUT2D eigenvalue weighted by Gasteiger charge is -2.37. The summed E-state index contributed by atoms with van der Waals surface area (Å²) in [5, 5.41) is 8.18. The Hall–Kier alpha value is -2.15. The second-order valence-electron chi connectivity index (χ2n) is 6.81. The number of benzene rings is 1. The first-order valence-electron chi connectivity index (χ1n) is 9.04. The van der Waals surface area contributed by atoms with E-state index in [2.05, 4.69) is 52.0 Å². The highest BCUT2D eigenvalue weighted by molar-refractivity contribution is 7.91. The van der Waals surface area contributed by atoms with Gasteiger partial charge in [-0.25, -0.2) is 8.42 Å². The lowest BCUT2D eigenvalue weighted by atomic mass is 10.1. The van der Waals surface area contributed by atoms with Gasteiger partial charge in [-0.15, -0.1) is 10.2 Å². The van der Waals surface area contributed by atoms with Gasteiger partial charge in [0.25, 0.3) is 0 Å². The molecule has 1 fully saturated rings. The SMILES string of the molecule is CCCS(=O)(=O)c1ccc(N2CCN(c3cc(C)ccc3C)CC2)nn1. The highest BCUT2D eigenvalue weighted by Crippen LogP contribution is 2.24. The van der Waals surface area contributed by atoms with Gasteiger partial charge in [0.1, 0.15) is 0 Å². The molecule has 1 aromatic heterocycles. The monoisotopic (exact) mass is 374 g/mol. The van der Waals surface area contributed by atoms with E-state index in [1.165, 1.54) is 16.8 Å². The second kappa shape index (κ2) is 7.61. The fourth-order valence-corrected chi connectivity index (χ4v) is 4.44. The van der Waals surface area contributed by atoms with Gasteiger partial charge in [-0.3, -0.25) is 0 Å². The average Bonchev–Trinajstić information content (AvgIpc) is 2.64. The average molecular weight is 375 g/mol. The number of hydrogen-bond donors (Lipinski definition) is 0. The summed E-state index contributed by atoms with van der Waals surface area (Å²) in [5.74, 6) is 0.844. The minimum Gasteiger partial charge on any atom is -0.368 e. The van der Waals surface area contributed by atoms with Gasteiger partial charge in [0.2, 0.25) is 0 Å². The Morgan fingerprint density at radius 1 is 0.962 bits per heavy atom. The molecule has 0 amide bonds. The lowest BCUT2D eigenvalue weighted by Crippen LogP contribution is -2.47. The fourth-order valence-electron chi connectivity index (χ4n) is 3.26. The number of sulfone groups is 1. The Balaban J connectivity index is 1.67. The molecule has 0 unspecified atom stereocenters. The van der Waals surface area contributed by atoms with Crippen molar-refractivity contribution < 1.29 is 8.42 Å². The van der Waals surface area contributed by atoms with Crippen LogP contribution in [0.2, 0.25) is 0 Å². The molecule has 140 valence electrons. The maximum Gasteiger partial charge on any atom is 0.197 e. The van der Waals surface area contributed by atoms with Crippen LogP contribution in [0.25, 0.3) is 0 Å². The predicted octanol–water partition coefficient (Wildman–Crippen LogP) is 2.60. The lowest BCUT2D eigenvalue weighted by molar-refractivity contribution is 0.587. The maximum absolute atomic E-state index is 12.1. The molecule has 0 atom stereocenters. The molecule has 26 heavy (non-hydrogen) atoms. The van der Waals surface area contributed by atoms with Crippen molar-refractivity contribution in [2.75, 3.05) is 41.7 Å². The van der Waals surface area contributed by atoms with E-state index in [1.54, 1.807) is 12.1 Å². The molecule has 2 heterocycles. The zero-order valence-electron chi connectivity index (χ0n) is 15.6. The zero-order valence-corrected chi connectivity index (χ0v) is 16.5. The van der Waals surface area contributed by atoms with Crippen molar-refractivity contribution in [3.05, 3.63) is 41.5 Å². The molecule has 0 radical (unpaired) electrons. The van der Waals surface area contributed by atoms with E-state index in [0.29, 0.717) is 6.42 Å². The van der Waals surface area contributed by atoms with Crippen LogP contribution in [-0.2, 0) is 9.84 Å². The first kappa shape index (κ1) is 18.6. The Labute approximate surface area is 155 Å². The van der Waals surface area contributed by atoms with Crippen LogP contribution in [-0.4, -0.2) is 50.5 Å². The zero-order chi connectivity index (χ0) is 18.7. The van der Waals surface area contributed by atoms with Gasteiger partial charge in [0.15, 0.2) is 20.7 Å². The van der Waals surface area contributed by atoms with Gasteiger partial charge >= 0.3 is 0 Å². The molecule has 1 aliphatic rings. The molecule has 2 aromatic rings. The number of hydrogen-bond acceptors (Lipinski definition) is 6. The minimum atomic E-state index is -3.31. The fraction of sp³-hybridized carbons (Fsp3) is 0.474. The van der Waals surface area contributed by atoms with Gasteiger partial charge in [-0.1, -0.05) is 19.1 Å². The summed E-state index contributed by atoms with van der Waals surface area (Å²) in [4.78, 5) is 4.55. The molecule has 0 N–H and O–H groups in total. The van der Waals surface area contributed by atoms with Gasteiger partial charge in [-0.2, -0.15) is 0 Å². The molecule has 0 saturated carbocycles. The van der Waals surface area contributed by atoms with Gasteiger partial charge < -0.3 is 9.80 Å². The molecule has 0 bridgehead atoms. The van der Waals surface area contributed by atoms with Gasteiger partial charge in [0, 0.05) is 31.9 Å². The number of piperazine rings is 1. The van der Waals surface area contributed by atoms with Crippen molar-refractivity contribution in [3.63, 3.8) is 0 Å². The Morgan fingerprint density at radius 2 is 1.65 bits per heavy atom. The number of aryl methyl sites for hydroxylation is 2. The Bertz CT molecular complexity index is 858. The third-order valence-corrected chi connectivity index (χ3v) is 6.53. The molecule has 0 aliphatic carbocycles. The summed E-state index contributed by atoms with van der Waals surface area (Å²) >= 11 is 0. The van der Waals surface area contributed by atoms with Crippen LogP contribution in [0.3, 0.4) is 0 Å². The first-order valence-corrected chi connectivity index (χ1v) is 10.7. The molecule has 0 spiro atoms. The number of aromatic nitrogens is 2. The van der Waals surface area contributed by atoms with Gasteiger partial charge in [-0.05, 0) is 49.6 Å². The van der Waals surface area contributed by atoms with Crippen molar-refractivity contribution >= 4 is 21.3 Å². The van der Waals surface area contributed by atoms with Crippen molar-refractivity contribution in [2.24, 2.45) is 0 Å². The third kappa shape index (κ3) is 3.98. The van der Waals surface area contributed by atoms with Crippen molar-refractivity contribution in [1.29, 1.82) is 0 Å². The smallest absolute Gasteiger partial charge is 0.197 e. The molecule has 7 heteroatoms. The molecule has 6 nitrogen and oxygen atoms in total. The number of nitrogens with zero attached hydrogens (tertiary/aromatic N) is 4. The first-order chi connectivity index (χ1) is 12.4. The minimum absolute atomic E-state index is 0.0668. The van der Waals surface area contributed by atoms with Crippen molar-refractivity contribution in [3.8, 4) is 0 Å². The number of rotatable bonds is 5. The largest absolute Gasteiger partial charge is 0.368 e. The van der Waals surface area contributed by atoms with Crippen LogP contribution in [0.15, 0.2) is 35.4 Å². The second-order valence-corrected chi connectivity index (χ2v) is 8.87. The summed E-state index contributed by atoms with van der Waals surface area (Å²) in [6, 6.07) is 9.88. The van der Waals surface area contributed by atoms with E-state index in [-0.39, 0.29) is 10.8 Å². The van der Waals surface area contributed by atoms with E-state index in [0.717, 1.165) is 32.0 Å². The van der Waals surface area contributed by atoms with Crippen LogP contribution in [0.5, 0.6) is 0 Å². The molecule has 3 rings (SSSR count). The predicted molar refractivity (Wildman–Crippen MR) is 105 cm³/mol.